The summed E-state index contributed by atoms with van der Waals surface area (Å²) in [5, 5.41) is 14.3. The van der Waals surface area contributed by atoms with E-state index in [2.05, 4.69) is 5.32 Å². The highest BCUT2D eigenvalue weighted by Crippen LogP contribution is 2.43. The quantitative estimate of drug-likeness (QED) is 0.459. The van der Waals surface area contributed by atoms with Gasteiger partial charge in [-0.1, -0.05) is 11.6 Å². The zero-order valence-electron chi connectivity index (χ0n) is 16.7. The molecular formula is C22H18ClN3O5. The highest BCUT2D eigenvalue weighted by Gasteiger charge is 2.20. The number of pyridine rings is 1. The van der Waals surface area contributed by atoms with E-state index < -0.39 is 0 Å². The van der Waals surface area contributed by atoms with Crippen molar-refractivity contribution in [1.82, 2.24) is 9.38 Å². The standard InChI is InChI=1S/C22H18ClN3O5/c1-28-17-7-12(8-18(29-2)21(17)27)20-22(26-10-13(23)3-6-19(26)25-20)24-14-4-5-15-16(9-14)31-11-30-15/h3-10,24,27H,11H2,1-2H3. The highest BCUT2D eigenvalue weighted by molar-refractivity contribution is 6.30. The summed E-state index contributed by atoms with van der Waals surface area (Å²) in [4.78, 5) is 4.77. The molecule has 0 atom stereocenters. The van der Waals surface area contributed by atoms with Gasteiger partial charge >= 0.3 is 0 Å². The zero-order valence-corrected chi connectivity index (χ0v) is 17.4. The van der Waals surface area contributed by atoms with Gasteiger partial charge in [-0.15, -0.1) is 0 Å². The summed E-state index contributed by atoms with van der Waals surface area (Å²) in [5.41, 5.74) is 2.78. The van der Waals surface area contributed by atoms with Gasteiger partial charge in [-0.25, -0.2) is 4.98 Å². The van der Waals surface area contributed by atoms with Crippen molar-refractivity contribution in [1.29, 1.82) is 0 Å². The molecule has 0 saturated carbocycles. The lowest BCUT2D eigenvalue weighted by Crippen LogP contribution is -1.98. The number of benzene rings is 2. The van der Waals surface area contributed by atoms with Crippen molar-refractivity contribution < 1.29 is 24.1 Å². The first-order chi connectivity index (χ1) is 15.1. The van der Waals surface area contributed by atoms with E-state index in [-0.39, 0.29) is 24.0 Å². The number of imidazole rings is 1. The Hall–Kier alpha value is -3.78. The van der Waals surface area contributed by atoms with Crippen molar-refractivity contribution in [2.75, 3.05) is 26.3 Å². The monoisotopic (exact) mass is 439 g/mol. The molecule has 2 aromatic heterocycles. The van der Waals surface area contributed by atoms with Gasteiger partial charge in [-0.2, -0.15) is 0 Å². The molecule has 158 valence electrons. The van der Waals surface area contributed by atoms with E-state index in [4.69, 9.17) is 35.5 Å². The van der Waals surface area contributed by atoms with Crippen LogP contribution in [0.1, 0.15) is 0 Å². The summed E-state index contributed by atoms with van der Waals surface area (Å²) in [6, 6.07) is 12.6. The van der Waals surface area contributed by atoms with Crippen molar-refractivity contribution in [2.24, 2.45) is 0 Å². The van der Waals surface area contributed by atoms with Gasteiger partial charge in [0, 0.05) is 23.5 Å². The maximum atomic E-state index is 10.3. The molecule has 2 N–H and O–H groups in total. The third-order valence-corrected chi connectivity index (χ3v) is 5.19. The number of rotatable bonds is 5. The van der Waals surface area contributed by atoms with Crippen molar-refractivity contribution in [3.05, 3.63) is 53.7 Å². The molecular weight excluding hydrogens is 422 g/mol. The number of hydrogen-bond acceptors (Lipinski definition) is 7. The number of fused-ring (bicyclic) bond motifs is 2. The van der Waals surface area contributed by atoms with Crippen LogP contribution in [0.3, 0.4) is 0 Å². The van der Waals surface area contributed by atoms with Crippen LogP contribution in [0.5, 0.6) is 28.7 Å². The van der Waals surface area contributed by atoms with E-state index in [1.165, 1.54) is 14.2 Å². The van der Waals surface area contributed by atoms with Gasteiger partial charge in [0.2, 0.25) is 12.5 Å². The van der Waals surface area contributed by atoms with Crippen LogP contribution in [0.15, 0.2) is 48.7 Å². The van der Waals surface area contributed by atoms with Gasteiger partial charge in [-0.3, -0.25) is 4.40 Å². The van der Waals surface area contributed by atoms with Gasteiger partial charge in [-0.05, 0) is 36.4 Å². The predicted octanol–water partition coefficient (Wildman–Crippen LogP) is 4.85. The van der Waals surface area contributed by atoms with Gasteiger partial charge < -0.3 is 29.4 Å². The first-order valence-electron chi connectivity index (χ1n) is 9.37. The Morgan fingerprint density at radius 1 is 1.03 bits per heavy atom. The van der Waals surface area contributed by atoms with Gasteiger partial charge in [0.05, 0.1) is 19.2 Å². The second kappa shape index (κ2) is 7.48. The van der Waals surface area contributed by atoms with E-state index >= 15 is 0 Å². The molecule has 2 aromatic carbocycles. The number of anilines is 2. The maximum Gasteiger partial charge on any atom is 0.231 e. The van der Waals surface area contributed by atoms with E-state index in [1.807, 2.05) is 28.7 Å². The van der Waals surface area contributed by atoms with Crippen LogP contribution in [0.4, 0.5) is 11.5 Å². The van der Waals surface area contributed by atoms with Gasteiger partial charge in [0.25, 0.3) is 0 Å². The van der Waals surface area contributed by atoms with E-state index in [1.54, 1.807) is 24.4 Å². The Morgan fingerprint density at radius 3 is 2.52 bits per heavy atom. The number of phenols is 1. The normalized spacial score (nSPS) is 12.2. The number of aromatic hydroxyl groups is 1. The average Bonchev–Trinajstić information content (AvgIpc) is 3.38. The number of aromatic nitrogens is 2. The molecule has 0 radical (unpaired) electrons. The topological polar surface area (TPSA) is 86.5 Å². The Bertz CT molecular complexity index is 1280. The summed E-state index contributed by atoms with van der Waals surface area (Å²) in [5.74, 6) is 2.50. The van der Waals surface area contributed by atoms with Crippen LogP contribution in [-0.2, 0) is 0 Å². The Balaban J connectivity index is 1.69. The summed E-state index contributed by atoms with van der Waals surface area (Å²) in [6.07, 6.45) is 1.78. The molecule has 9 heteroatoms. The van der Waals surface area contributed by atoms with E-state index in [9.17, 15) is 5.11 Å². The predicted molar refractivity (Wildman–Crippen MR) is 116 cm³/mol. The van der Waals surface area contributed by atoms with Crippen LogP contribution in [0.2, 0.25) is 5.02 Å². The molecule has 5 rings (SSSR count). The summed E-state index contributed by atoms with van der Waals surface area (Å²) in [7, 11) is 2.96. The lowest BCUT2D eigenvalue weighted by molar-refractivity contribution is 0.174. The first-order valence-corrected chi connectivity index (χ1v) is 9.75. The van der Waals surface area contributed by atoms with Gasteiger partial charge in [0.15, 0.2) is 23.0 Å². The van der Waals surface area contributed by atoms with Crippen molar-refractivity contribution >= 4 is 28.8 Å². The Kier molecular flexibility index (Phi) is 4.63. The molecule has 0 unspecified atom stereocenters. The molecule has 8 nitrogen and oxygen atoms in total. The molecule has 31 heavy (non-hydrogen) atoms. The van der Waals surface area contributed by atoms with E-state index in [0.29, 0.717) is 39.2 Å². The van der Waals surface area contributed by atoms with Crippen molar-refractivity contribution in [3.8, 4) is 40.0 Å². The van der Waals surface area contributed by atoms with Crippen molar-refractivity contribution in [3.63, 3.8) is 0 Å². The number of methoxy groups -OCH3 is 2. The maximum absolute atomic E-state index is 10.3. The Morgan fingerprint density at radius 2 is 1.77 bits per heavy atom. The second-order valence-electron chi connectivity index (χ2n) is 6.81. The summed E-state index contributed by atoms with van der Waals surface area (Å²) >= 11 is 6.26. The third kappa shape index (κ3) is 3.30. The number of phenolic OH excluding ortho intramolecular Hbond substituents is 1. The van der Waals surface area contributed by atoms with Crippen LogP contribution in [0.25, 0.3) is 16.9 Å². The molecule has 0 spiro atoms. The number of nitrogens with one attached hydrogen (secondary N) is 1. The zero-order chi connectivity index (χ0) is 21.5. The number of nitrogens with zero attached hydrogens (tertiary/aromatic N) is 2. The molecule has 3 heterocycles. The average molecular weight is 440 g/mol. The van der Waals surface area contributed by atoms with Crippen LogP contribution < -0.4 is 24.3 Å². The molecule has 0 fully saturated rings. The largest absolute Gasteiger partial charge is 0.502 e. The lowest BCUT2D eigenvalue weighted by atomic mass is 10.1. The van der Waals surface area contributed by atoms with Crippen LogP contribution >= 0.6 is 11.6 Å². The van der Waals surface area contributed by atoms with Crippen LogP contribution in [0, 0.1) is 0 Å². The first kappa shape index (κ1) is 19.2. The molecule has 1 aliphatic rings. The number of hydrogen-bond donors (Lipinski definition) is 2. The fourth-order valence-corrected chi connectivity index (χ4v) is 3.64. The Labute approximate surface area is 182 Å². The highest BCUT2D eigenvalue weighted by atomic mass is 35.5. The number of halogens is 1. The minimum absolute atomic E-state index is 0.0779. The SMILES string of the molecule is COc1cc(-c2nc3ccc(Cl)cn3c2Nc2ccc3c(c2)OCO3)cc(OC)c1O. The fraction of sp³-hybridized carbons (Fsp3) is 0.136. The summed E-state index contributed by atoms with van der Waals surface area (Å²) in [6.45, 7) is 0.197. The van der Waals surface area contributed by atoms with E-state index in [0.717, 1.165) is 5.69 Å². The minimum atomic E-state index is -0.0779. The molecule has 0 amide bonds. The lowest BCUT2D eigenvalue weighted by Gasteiger charge is -2.13. The minimum Gasteiger partial charge on any atom is -0.502 e. The number of ether oxygens (including phenoxy) is 4. The molecule has 0 aliphatic carbocycles. The van der Waals surface area contributed by atoms with Crippen LogP contribution in [-0.4, -0.2) is 35.5 Å². The second-order valence-corrected chi connectivity index (χ2v) is 7.24. The summed E-state index contributed by atoms with van der Waals surface area (Å²) < 4.78 is 23.4. The molecule has 1 aliphatic heterocycles. The fourth-order valence-electron chi connectivity index (χ4n) is 3.48. The third-order valence-electron chi connectivity index (χ3n) is 4.97. The molecule has 0 bridgehead atoms. The molecule has 0 saturated heterocycles. The van der Waals surface area contributed by atoms with Crippen molar-refractivity contribution in [2.45, 2.75) is 0 Å². The van der Waals surface area contributed by atoms with Gasteiger partial charge in [0.1, 0.15) is 17.2 Å². The smallest absolute Gasteiger partial charge is 0.231 e. The molecule has 4 aromatic rings.